The minimum absolute atomic E-state index is 0. The van der Waals surface area contributed by atoms with Crippen molar-refractivity contribution in [2.75, 3.05) is 19.6 Å². The molecule has 0 radical (unpaired) electrons. The predicted octanol–water partition coefficient (Wildman–Crippen LogP) is 2.61. The molecule has 3 nitrogen and oxygen atoms in total. The molecule has 1 saturated heterocycles. The van der Waals surface area contributed by atoms with Gasteiger partial charge in [0.05, 0.1) is 6.04 Å². The van der Waals surface area contributed by atoms with Gasteiger partial charge in [0.2, 0.25) is 0 Å². The maximum absolute atomic E-state index is 4.39. The molecule has 17 heavy (non-hydrogen) atoms. The number of thiazole rings is 1. The molecule has 1 aromatic rings. The summed E-state index contributed by atoms with van der Waals surface area (Å²) >= 11 is 1.76. The molecule has 1 unspecified atom stereocenters. The van der Waals surface area contributed by atoms with Crippen molar-refractivity contribution < 1.29 is 0 Å². The van der Waals surface area contributed by atoms with Gasteiger partial charge in [-0.3, -0.25) is 0 Å². The molecule has 0 aromatic carbocycles. The molecule has 1 fully saturated rings. The van der Waals surface area contributed by atoms with Gasteiger partial charge in [-0.2, -0.15) is 0 Å². The first-order valence-corrected chi connectivity index (χ1v) is 7.11. The average molecular weight is 276 g/mol. The first-order chi connectivity index (χ1) is 7.90. The van der Waals surface area contributed by atoms with Crippen LogP contribution in [0.15, 0.2) is 11.6 Å². The van der Waals surface area contributed by atoms with Crippen LogP contribution >= 0.6 is 23.7 Å². The lowest BCUT2D eigenvalue weighted by Crippen LogP contribution is -2.34. The Kier molecular flexibility index (Phi) is 7.04. The molecule has 0 amide bonds. The van der Waals surface area contributed by atoms with Crippen LogP contribution in [0, 0.1) is 5.92 Å². The number of nitrogens with zero attached hydrogens (tertiary/aromatic N) is 1. The SMILES string of the molecule is CCC(NCC1CCNCC1)c1nccs1.Cl. The van der Waals surface area contributed by atoms with Crippen molar-refractivity contribution in [2.24, 2.45) is 5.92 Å². The summed E-state index contributed by atoms with van der Waals surface area (Å²) in [5, 5.41) is 10.4. The second-order valence-corrected chi connectivity index (χ2v) is 5.36. The summed E-state index contributed by atoms with van der Waals surface area (Å²) in [7, 11) is 0. The van der Waals surface area contributed by atoms with E-state index in [1.165, 1.54) is 30.9 Å². The molecule has 1 aliphatic heterocycles. The number of halogens is 1. The number of piperidine rings is 1. The molecule has 0 aliphatic carbocycles. The van der Waals surface area contributed by atoms with Crippen molar-refractivity contribution in [1.29, 1.82) is 0 Å². The van der Waals surface area contributed by atoms with Crippen LogP contribution in [0.3, 0.4) is 0 Å². The van der Waals surface area contributed by atoms with Crippen LogP contribution in [0.4, 0.5) is 0 Å². The molecular weight excluding hydrogens is 254 g/mol. The second-order valence-electron chi connectivity index (χ2n) is 4.43. The quantitative estimate of drug-likeness (QED) is 0.867. The highest BCUT2D eigenvalue weighted by molar-refractivity contribution is 7.09. The third kappa shape index (κ3) is 4.54. The topological polar surface area (TPSA) is 37.0 Å². The van der Waals surface area contributed by atoms with E-state index in [0.29, 0.717) is 6.04 Å². The third-order valence-electron chi connectivity index (χ3n) is 3.27. The Labute approximate surface area is 114 Å². The Hall–Kier alpha value is -0.160. The van der Waals surface area contributed by atoms with Crippen molar-refractivity contribution in [1.82, 2.24) is 15.6 Å². The highest BCUT2D eigenvalue weighted by atomic mass is 35.5. The molecule has 2 N–H and O–H groups in total. The van der Waals surface area contributed by atoms with Crippen molar-refractivity contribution in [3.63, 3.8) is 0 Å². The third-order valence-corrected chi connectivity index (χ3v) is 4.16. The number of hydrogen-bond donors (Lipinski definition) is 2. The summed E-state index contributed by atoms with van der Waals surface area (Å²) in [5.41, 5.74) is 0. The van der Waals surface area contributed by atoms with Gasteiger partial charge in [-0.1, -0.05) is 6.92 Å². The molecule has 2 rings (SSSR count). The van der Waals surface area contributed by atoms with E-state index in [4.69, 9.17) is 0 Å². The van der Waals surface area contributed by atoms with Gasteiger partial charge in [0, 0.05) is 11.6 Å². The van der Waals surface area contributed by atoms with E-state index in [2.05, 4.69) is 27.9 Å². The first-order valence-electron chi connectivity index (χ1n) is 6.23. The van der Waals surface area contributed by atoms with Gasteiger partial charge in [0.1, 0.15) is 5.01 Å². The number of aromatic nitrogens is 1. The van der Waals surface area contributed by atoms with Crippen LogP contribution < -0.4 is 10.6 Å². The van der Waals surface area contributed by atoms with Gasteiger partial charge >= 0.3 is 0 Å². The highest BCUT2D eigenvalue weighted by Gasteiger charge is 2.16. The first kappa shape index (κ1) is 14.9. The number of nitrogens with one attached hydrogen (secondary N) is 2. The van der Waals surface area contributed by atoms with Crippen LogP contribution in [0.5, 0.6) is 0 Å². The van der Waals surface area contributed by atoms with E-state index < -0.39 is 0 Å². The fraction of sp³-hybridized carbons (Fsp3) is 0.750. The molecular formula is C12H22ClN3S. The van der Waals surface area contributed by atoms with Crippen LogP contribution in [-0.2, 0) is 0 Å². The smallest absolute Gasteiger partial charge is 0.109 e. The fourth-order valence-corrected chi connectivity index (χ4v) is 3.00. The minimum atomic E-state index is 0. The molecule has 2 heterocycles. The molecule has 1 aliphatic rings. The van der Waals surface area contributed by atoms with Crippen molar-refractivity contribution in [3.8, 4) is 0 Å². The molecule has 0 saturated carbocycles. The van der Waals surface area contributed by atoms with Crippen molar-refractivity contribution >= 4 is 23.7 Å². The zero-order chi connectivity index (χ0) is 11.2. The lowest BCUT2D eigenvalue weighted by Gasteiger charge is -2.25. The number of rotatable bonds is 5. The molecule has 1 atom stereocenters. The maximum atomic E-state index is 4.39. The van der Waals surface area contributed by atoms with Gasteiger partial charge in [-0.25, -0.2) is 4.98 Å². The standard InChI is InChI=1S/C12H21N3S.ClH/c1-2-11(12-14-7-8-16-12)15-9-10-3-5-13-6-4-10;/h7-8,10-11,13,15H,2-6,9H2,1H3;1H. The van der Waals surface area contributed by atoms with Gasteiger partial charge < -0.3 is 10.6 Å². The molecule has 0 spiro atoms. The van der Waals surface area contributed by atoms with Gasteiger partial charge in [-0.05, 0) is 44.8 Å². The molecule has 1 aromatic heterocycles. The fourth-order valence-electron chi connectivity index (χ4n) is 2.21. The minimum Gasteiger partial charge on any atom is -0.317 e. The van der Waals surface area contributed by atoms with Gasteiger partial charge in [0.15, 0.2) is 0 Å². The predicted molar refractivity (Wildman–Crippen MR) is 76.0 cm³/mol. The normalized spacial score (nSPS) is 18.6. The van der Waals surface area contributed by atoms with Crippen molar-refractivity contribution in [3.05, 3.63) is 16.6 Å². The summed E-state index contributed by atoms with van der Waals surface area (Å²) < 4.78 is 0. The monoisotopic (exact) mass is 275 g/mol. The molecule has 0 bridgehead atoms. The Bertz CT molecular complexity index is 286. The average Bonchev–Trinajstić information content (AvgIpc) is 2.85. The summed E-state index contributed by atoms with van der Waals surface area (Å²) in [4.78, 5) is 4.39. The molecule has 5 heteroatoms. The Morgan fingerprint density at radius 2 is 2.29 bits per heavy atom. The lowest BCUT2D eigenvalue weighted by molar-refractivity contribution is 0.338. The maximum Gasteiger partial charge on any atom is 0.109 e. The van der Waals surface area contributed by atoms with Crippen molar-refractivity contribution in [2.45, 2.75) is 32.2 Å². The van der Waals surface area contributed by atoms with Crippen LogP contribution in [0.2, 0.25) is 0 Å². The summed E-state index contributed by atoms with van der Waals surface area (Å²) in [5.74, 6) is 0.843. The van der Waals surface area contributed by atoms with E-state index >= 15 is 0 Å². The van der Waals surface area contributed by atoms with Gasteiger partial charge in [-0.15, -0.1) is 23.7 Å². The van der Waals surface area contributed by atoms with Crippen LogP contribution in [0.25, 0.3) is 0 Å². The van der Waals surface area contributed by atoms with E-state index in [1.54, 1.807) is 11.3 Å². The van der Waals surface area contributed by atoms with E-state index in [9.17, 15) is 0 Å². The Morgan fingerprint density at radius 3 is 2.88 bits per heavy atom. The van der Waals surface area contributed by atoms with E-state index in [-0.39, 0.29) is 12.4 Å². The number of hydrogen-bond acceptors (Lipinski definition) is 4. The van der Waals surface area contributed by atoms with Crippen LogP contribution in [-0.4, -0.2) is 24.6 Å². The van der Waals surface area contributed by atoms with Crippen LogP contribution in [0.1, 0.15) is 37.2 Å². The Balaban J connectivity index is 0.00000144. The summed E-state index contributed by atoms with van der Waals surface area (Å²) in [6.45, 7) is 5.72. The lowest BCUT2D eigenvalue weighted by atomic mass is 9.98. The van der Waals surface area contributed by atoms with Gasteiger partial charge in [0.25, 0.3) is 0 Å². The Morgan fingerprint density at radius 1 is 1.53 bits per heavy atom. The summed E-state index contributed by atoms with van der Waals surface area (Å²) in [6.07, 6.45) is 5.63. The van der Waals surface area contributed by atoms with E-state index in [1.807, 2.05) is 6.20 Å². The largest absolute Gasteiger partial charge is 0.317 e. The summed E-state index contributed by atoms with van der Waals surface area (Å²) in [6, 6.07) is 0.454. The second kappa shape index (κ2) is 8.03. The molecule has 98 valence electrons. The highest BCUT2D eigenvalue weighted by Crippen LogP contribution is 2.20. The zero-order valence-corrected chi connectivity index (χ0v) is 11.9. The van der Waals surface area contributed by atoms with E-state index in [0.717, 1.165) is 18.9 Å². The zero-order valence-electron chi connectivity index (χ0n) is 10.3.